The van der Waals surface area contributed by atoms with Gasteiger partial charge in [0, 0.05) is 0 Å². The molecular weight excluding hydrogens is 200 g/mol. The van der Waals surface area contributed by atoms with Gasteiger partial charge >= 0.3 is 0 Å². The van der Waals surface area contributed by atoms with Gasteiger partial charge in [0.25, 0.3) is 11.0 Å². The number of hydrogen-bond donors (Lipinski definition) is 1. The molecule has 0 aliphatic heterocycles. The van der Waals surface area contributed by atoms with Crippen molar-refractivity contribution in [3.63, 3.8) is 0 Å². The molecule has 0 N–H and O–H groups in total. The van der Waals surface area contributed by atoms with Gasteiger partial charge < -0.3 is 4.18 Å². The minimum atomic E-state index is -2.79. The largest absolute Gasteiger partial charge is 0.392 e. The van der Waals surface area contributed by atoms with E-state index >= 15 is 0 Å². The van der Waals surface area contributed by atoms with Crippen LogP contribution in [0.3, 0.4) is 0 Å². The fraction of sp³-hybridized carbons (Fsp3) is 0. The molecule has 0 atom stereocenters. The first-order valence-electron chi connectivity index (χ1n) is 3.98. The summed E-state index contributed by atoms with van der Waals surface area (Å²) < 4.78 is 24.1. The van der Waals surface area contributed by atoms with Crippen molar-refractivity contribution < 1.29 is 12.6 Å². The van der Waals surface area contributed by atoms with Crippen molar-refractivity contribution in [2.45, 2.75) is 0 Å². The molecule has 0 spiro atoms. The number of benzene rings is 1. The highest BCUT2D eigenvalue weighted by atomic mass is 32.2. The van der Waals surface area contributed by atoms with Crippen LogP contribution in [0, 0.1) is 0 Å². The third kappa shape index (κ3) is 4.47. The standard InChI is InChI=1S/C10H10O3S/c11-14(12)13-9-5-4-8-10-6-2-1-3-7-10/h1-9,14H. The molecule has 0 fully saturated rings. The summed E-state index contributed by atoms with van der Waals surface area (Å²) in [5.41, 5.74) is 1.05. The van der Waals surface area contributed by atoms with E-state index in [0.29, 0.717) is 0 Å². The maximum atomic E-state index is 9.97. The third-order valence-corrected chi connectivity index (χ3v) is 1.72. The Kier molecular flexibility index (Phi) is 4.50. The van der Waals surface area contributed by atoms with Crippen molar-refractivity contribution >= 4 is 17.1 Å². The van der Waals surface area contributed by atoms with Gasteiger partial charge in [0.05, 0.1) is 0 Å². The Morgan fingerprint density at radius 3 is 2.43 bits per heavy atom. The molecule has 74 valence electrons. The molecule has 0 heterocycles. The molecule has 0 aliphatic carbocycles. The van der Waals surface area contributed by atoms with Crippen LogP contribution in [0.4, 0.5) is 0 Å². The minimum Gasteiger partial charge on any atom is -0.392 e. The lowest BCUT2D eigenvalue weighted by Crippen LogP contribution is -1.74. The van der Waals surface area contributed by atoms with Crippen molar-refractivity contribution in [2.24, 2.45) is 0 Å². The Morgan fingerprint density at radius 2 is 1.79 bits per heavy atom. The molecule has 3 nitrogen and oxygen atoms in total. The van der Waals surface area contributed by atoms with E-state index in [1.165, 1.54) is 6.08 Å². The molecular formula is C10H10O3S. The molecule has 0 saturated carbocycles. The first-order valence-corrected chi connectivity index (χ1v) is 5.08. The van der Waals surface area contributed by atoms with Crippen molar-refractivity contribution in [3.05, 3.63) is 54.3 Å². The SMILES string of the molecule is O=[SH](=O)OC=CC=Cc1ccccc1. The second kappa shape index (κ2) is 5.99. The van der Waals surface area contributed by atoms with Crippen LogP contribution >= 0.6 is 0 Å². The lowest BCUT2D eigenvalue weighted by atomic mass is 10.2. The molecule has 1 aromatic rings. The van der Waals surface area contributed by atoms with Crippen molar-refractivity contribution in [3.8, 4) is 0 Å². The van der Waals surface area contributed by atoms with Gasteiger partial charge in [-0.05, 0) is 11.6 Å². The zero-order chi connectivity index (χ0) is 10.2. The molecule has 0 bridgehead atoms. The summed E-state index contributed by atoms with van der Waals surface area (Å²) in [6, 6.07) is 9.67. The summed E-state index contributed by atoms with van der Waals surface area (Å²) in [5, 5.41) is 0. The second-order valence-electron chi connectivity index (χ2n) is 2.43. The zero-order valence-corrected chi connectivity index (χ0v) is 8.26. The average Bonchev–Trinajstić information content (AvgIpc) is 2.18. The van der Waals surface area contributed by atoms with Crippen LogP contribution in [0.2, 0.25) is 0 Å². The van der Waals surface area contributed by atoms with Crippen LogP contribution in [0.1, 0.15) is 5.56 Å². The van der Waals surface area contributed by atoms with Crippen LogP contribution in [0.25, 0.3) is 6.08 Å². The first kappa shape index (κ1) is 10.5. The van der Waals surface area contributed by atoms with Crippen LogP contribution in [0.15, 0.2) is 48.7 Å². The Bertz CT molecular complexity index is 383. The Morgan fingerprint density at radius 1 is 1.07 bits per heavy atom. The van der Waals surface area contributed by atoms with Gasteiger partial charge in [0.2, 0.25) is 0 Å². The number of allylic oxidation sites excluding steroid dienone is 2. The summed E-state index contributed by atoms with van der Waals surface area (Å²) >= 11 is 0. The molecule has 0 radical (unpaired) electrons. The van der Waals surface area contributed by atoms with Crippen molar-refractivity contribution in [1.82, 2.24) is 0 Å². The summed E-state index contributed by atoms with van der Waals surface area (Å²) in [6.07, 6.45) is 6.18. The van der Waals surface area contributed by atoms with Gasteiger partial charge in [0.15, 0.2) is 0 Å². The lowest BCUT2D eigenvalue weighted by molar-refractivity contribution is 0.467. The highest BCUT2D eigenvalue weighted by molar-refractivity contribution is 7.67. The highest BCUT2D eigenvalue weighted by Gasteiger charge is 1.79. The molecule has 0 aromatic heterocycles. The molecule has 4 heteroatoms. The van der Waals surface area contributed by atoms with Crippen molar-refractivity contribution in [2.75, 3.05) is 0 Å². The smallest absolute Gasteiger partial charge is 0.298 e. The quantitative estimate of drug-likeness (QED) is 0.468. The monoisotopic (exact) mass is 210 g/mol. The maximum absolute atomic E-state index is 9.97. The van der Waals surface area contributed by atoms with E-state index in [1.807, 2.05) is 36.4 Å². The van der Waals surface area contributed by atoms with Crippen LogP contribution < -0.4 is 0 Å². The van der Waals surface area contributed by atoms with Crippen LogP contribution in [-0.2, 0) is 15.2 Å². The van der Waals surface area contributed by atoms with Gasteiger partial charge in [-0.25, -0.2) is 0 Å². The van der Waals surface area contributed by atoms with Gasteiger partial charge in [-0.3, -0.25) is 0 Å². The van der Waals surface area contributed by atoms with E-state index in [0.717, 1.165) is 11.8 Å². The summed E-state index contributed by atoms with van der Waals surface area (Å²) in [7, 11) is -2.79. The molecule has 0 amide bonds. The van der Waals surface area contributed by atoms with E-state index in [1.54, 1.807) is 6.08 Å². The predicted octanol–water partition coefficient (Wildman–Crippen LogP) is 1.76. The number of rotatable bonds is 4. The second-order valence-corrected chi connectivity index (χ2v) is 3.09. The fourth-order valence-corrected chi connectivity index (χ4v) is 1.03. The predicted molar refractivity (Wildman–Crippen MR) is 56.0 cm³/mol. The maximum Gasteiger partial charge on any atom is 0.298 e. The molecule has 0 saturated heterocycles. The number of thiol groups is 1. The lowest BCUT2D eigenvalue weighted by Gasteiger charge is -1.88. The highest BCUT2D eigenvalue weighted by Crippen LogP contribution is 2.00. The van der Waals surface area contributed by atoms with Crippen LogP contribution in [-0.4, -0.2) is 8.42 Å². The third-order valence-electron chi connectivity index (χ3n) is 1.42. The van der Waals surface area contributed by atoms with Crippen molar-refractivity contribution in [1.29, 1.82) is 0 Å². The summed E-state index contributed by atoms with van der Waals surface area (Å²) in [5.74, 6) is 0. The van der Waals surface area contributed by atoms with E-state index in [-0.39, 0.29) is 0 Å². The van der Waals surface area contributed by atoms with E-state index in [2.05, 4.69) is 4.18 Å². The fourth-order valence-electron chi connectivity index (χ4n) is 0.861. The normalized spacial score (nSPS) is 11.5. The van der Waals surface area contributed by atoms with Gasteiger partial charge in [-0.2, -0.15) is 8.42 Å². The zero-order valence-electron chi connectivity index (χ0n) is 7.37. The summed E-state index contributed by atoms with van der Waals surface area (Å²) in [4.78, 5) is 0. The van der Waals surface area contributed by atoms with E-state index in [4.69, 9.17) is 0 Å². The topological polar surface area (TPSA) is 43.4 Å². The Hall–Kier alpha value is -1.55. The Labute approximate surface area is 84.5 Å². The average molecular weight is 210 g/mol. The number of hydrogen-bond acceptors (Lipinski definition) is 3. The molecule has 1 rings (SSSR count). The van der Waals surface area contributed by atoms with Gasteiger partial charge in [0.1, 0.15) is 6.26 Å². The van der Waals surface area contributed by atoms with E-state index in [9.17, 15) is 8.42 Å². The van der Waals surface area contributed by atoms with Crippen LogP contribution in [0.5, 0.6) is 0 Å². The Balaban J connectivity index is 2.45. The van der Waals surface area contributed by atoms with Gasteiger partial charge in [-0.15, -0.1) is 0 Å². The minimum absolute atomic E-state index is 1.05. The molecule has 0 aliphatic rings. The van der Waals surface area contributed by atoms with Gasteiger partial charge in [-0.1, -0.05) is 42.5 Å². The molecule has 1 aromatic carbocycles. The first-order chi connectivity index (χ1) is 6.79. The van der Waals surface area contributed by atoms with E-state index < -0.39 is 11.0 Å². The molecule has 14 heavy (non-hydrogen) atoms. The summed E-state index contributed by atoms with van der Waals surface area (Å²) in [6.45, 7) is 0. The molecule has 0 unspecified atom stereocenters.